The molecule has 1 heterocycles. The molecule has 1 aromatic heterocycles. The number of ether oxygens (including phenoxy) is 1. The van der Waals surface area contributed by atoms with Crippen LogP contribution in [0.5, 0.6) is 11.6 Å². The van der Waals surface area contributed by atoms with Gasteiger partial charge in [0.25, 0.3) is 0 Å². The minimum absolute atomic E-state index is 0.148. The van der Waals surface area contributed by atoms with Crippen LogP contribution in [-0.4, -0.2) is 28.7 Å². The van der Waals surface area contributed by atoms with Crippen molar-refractivity contribution in [2.45, 2.75) is 26.2 Å². The molecule has 0 amide bonds. The fourth-order valence-electron chi connectivity index (χ4n) is 1.86. The molecule has 5 nitrogen and oxygen atoms in total. The standard InChI is InChI=1S/C16H21N3O2/c1-11(2)16-18-14(17-3)10-15(19-16)21-13-6-4-12(5-7-13)8-9-20/h4-7,10-11,20H,8-9H2,1-3H3,(H,17,18,19). The molecule has 112 valence electrons. The SMILES string of the molecule is CNc1cc(Oc2ccc(CCO)cc2)nc(C(C)C)n1. The summed E-state index contributed by atoms with van der Waals surface area (Å²) in [5, 5.41) is 11.9. The molecule has 0 saturated heterocycles. The zero-order valence-corrected chi connectivity index (χ0v) is 12.6. The van der Waals surface area contributed by atoms with Gasteiger partial charge < -0.3 is 15.2 Å². The maximum atomic E-state index is 8.91. The topological polar surface area (TPSA) is 67.3 Å². The number of hydrogen-bond donors (Lipinski definition) is 2. The zero-order chi connectivity index (χ0) is 15.2. The number of aliphatic hydroxyl groups excluding tert-OH is 1. The van der Waals surface area contributed by atoms with Gasteiger partial charge in [0, 0.05) is 25.6 Å². The van der Waals surface area contributed by atoms with E-state index in [0.29, 0.717) is 18.1 Å². The highest BCUT2D eigenvalue weighted by Crippen LogP contribution is 2.24. The van der Waals surface area contributed by atoms with Crippen LogP contribution < -0.4 is 10.1 Å². The Morgan fingerprint density at radius 3 is 2.48 bits per heavy atom. The predicted molar refractivity (Wildman–Crippen MR) is 83.0 cm³/mol. The molecule has 0 bridgehead atoms. The van der Waals surface area contributed by atoms with Gasteiger partial charge in [0.2, 0.25) is 5.88 Å². The van der Waals surface area contributed by atoms with E-state index in [2.05, 4.69) is 15.3 Å². The Kier molecular flexibility index (Phi) is 5.11. The first-order valence-corrected chi connectivity index (χ1v) is 7.06. The molecule has 0 unspecified atom stereocenters. The average Bonchev–Trinajstić information content (AvgIpc) is 2.49. The number of aliphatic hydroxyl groups is 1. The van der Waals surface area contributed by atoms with E-state index >= 15 is 0 Å². The lowest BCUT2D eigenvalue weighted by Crippen LogP contribution is -2.03. The molecular formula is C16H21N3O2. The minimum Gasteiger partial charge on any atom is -0.439 e. The van der Waals surface area contributed by atoms with Crippen molar-refractivity contribution in [1.82, 2.24) is 9.97 Å². The minimum atomic E-state index is 0.148. The molecule has 5 heteroatoms. The molecule has 21 heavy (non-hydrogen) atoms. The van der Waals surface area contributed by atoms with Gasteiger partial charge in [-0.25, -0.2) is 4.98 Å². The van der Waals surface area contributed by atoms with Crippen molar-refractivity contribution in [2.75, 3.05) is 19.0 Å². The second-order valence-electron chi connectivity index (χ2n) is 5.07. The lowest BCUT2D eigenvalue weighted by Gasteiger charge is -2.11. The van der Waals surface area contributed by atoms with Crippen LogP contribution in [0.4, 0.5) is 5.82 Å². The number of anilines is 1. The van der Waals surface area contributed by atoms with Gasteiger partial charge in [0.15, 0.2) is 0 Å². The van der Waals surface area contributed by atoms with Crippen molar-refractivity contribution in [3.63, 3.8) is 0 Å². The summed E-state index contributed by atoms with van der Waals surface area (Å²) >= 11 is 0. The van der Waals surface area contributed by atoms with Gasteiger partial charge in [-0.2, -0.15) is 4.98 Å². The summed E-state index contributed by atoms with van der Waals surface area (Å²) in [6.07, 6.45) is 0.648. The first-order chi connectivity index (χ1) is 10.1. The van der Waals surface area contributed by atoms with Crippen LogP contribution in [0, 0.1) is 0 Å². The number of rotatable bonds is 6. The molecule has 0 fully saturated rings. The Bertz CT molecular complexity index is 583. The third-order valence-electron chi connectivity index (χ3n) is 3.04. The van der Waals surface area contributed by atoms with Crippen molar-refractivity contribution in [2.24, 2.45) is 0 Å². The van der Waals surface area contributed by atoms with E-state index in [-0.39, 0.29) is 12.5 Å². The number of hydrogen-bond acceptors (Lipinski definition) is 5. The molecule has 1 aromatic carbocycles. The normalized spacial score (nSPS) is 10.7. The summed E-state index contributed by atoms with van der Waals surface area (Å²) in [6.45, 7) is 4.24. The summed E-state index contributed by atoms with van der Waals surface area (Å²) in [4.78, 5) is 8.82. The molecule has 0 aliphatic carbocycles. The lowest BCUT2D eigenvalue weighted by atomic mass is 10.1. The third-order valence-corrected chi connectivity index (χ3v) is 3.04. The number of nitrogens with one attached hydrogen (secondary N) is 1. The average molecular weight is 287 g/mol. The van der Waals surface area contributed by atoms with Gasteiger partial charge >= 0.3 is 0 Å². The van der Waals surface area contributed by atoms with Gasteiger partial charge in [-0.05, 0) is 24.1 Å². The Morgan fingerprint density at radius 2 is 1.90 bits per heavy atom. The molecule has 2 rings (SSSR count). The number of benzene rings is 1. The molecule has 0 spiro atoms. The largest absolute Gasteiger partial charge is 0.439 e. The highest BCUT2D eigenvalue weighted by Gasteiger charge is 2.09. The molecule has 2 N–H and O–H groups in total. The van der Waals surface area contributed by atoms with Gasteiger partial charge in [-0.15, -0.1) is 0 Å². The molecule has 0 saturated carbocycles. The second kappa shape index (κ2) is 7.04. The van der Waals surface area contributed by atoms with Crippen LogP contribution in [0.25, 0.3) is 0 Å². The van der Waals surface area contributed by atoms with Crippen LogP contribution >= 0.6 is 0 Å². The quantitative estimate of drug-likeness (QED) is 0.855. The molecule has 0 aliphatic heterocycles. The van der Waals surface area contributed by atoms with Gasteiger partial charge in [-0.1, -0.05) is 26.0 Å². The van der Waals surface area contributed by atoms with Crippen molar-refractivity contribution in [3.05, 3.63) is 41.7 Å². The molecule has 2 aromatic rings. The summed E-state index contributed by atoms with van der Waals surface area (Å²) in [5.74, 6) is 2.95. The summed E-state index contributed by atoms with van der Waals surface area (Å²) in [7, 11) is 1.82. The Labute approximate surface area is 125 Å². The van der Waals surface area contributed by atoms with Crippen LogP contribution in [0.2, 0.25) is 0 Å². The van der Waals surface area contributed by atoms with Crippen molar-refractivity contribution in [1.29, 1.82) is 0 Å². The predicted octanol–water partition coefficient (Wildman–Crippen LogP) is 2.97. The van der Waals surface area contributed by atoms with E-state index in [9.17, 15) is 0 Å². The first-order valence-electron chi connectivity index (χ1n) is 7.06. The molecular weight excluding hydrogens is 266 g/mol. The fraction of sp³-hybridized carbons (Fsp3) is 0.375. The Hall–Kier alpha value is -2.14. The first kappa shape index (κ1) is 15.3. The van der Waals surface area contributed by atoms with Crippen LogP contribution in [0.15, 0.2) is 30.3 Å². The van der Waals surface area contributed by atoms with Crippen molar-refractivity contribution in [3.8, 4) is 11.6 Å². The van der Waals surface area contributed by atoms with Gasteiger partial charge in [0.1, 0.15) is 17.4 Å². The van der Waals surface area contributed by atoms with Gasteiger partial charge in [0.05, 0.1) is 0 Å². The molecule has 0 radical (unpaired) electrons. The van der Waals surface area contributed by atoms with Crippen molar-refractivity contribution < 1.29 is 9.84 Å². The highest BCUT2D eigenvalue weighted by molar-refractivity contribution is 5.40. The molecule has 0 aliphatic rings. The van der Waals surface area contributed by atoms with Crippen LogP contribution in [0.3, 0.4) is 0 Å². The van der Waals surface area contributed by atoms with Crippen molar-refractivity contribution >= 4 is 5.82 Å². The summed E-state index contributed by atoms with van der Waals surface area (Å²) in [5.41, 5.74) is 1.08. The maximum absolute atomic E-state index is 8.91. The van der Waals surface area contributed by atoms with Gasteiger partial charge in [-0.3, -0.25) is 0 Å². The fourth-order valence-corrected chi connectivity index (χ4v) is 1.86. The highest BCUT2D eigenvalue weighted by atomic mass is 16.5. The number of nitrogens with zero attached hydrogens (tertiary/aromatic N) is 2. The lowest BCUT2D eigenvalue weighted by molar-refractivity contribution is 0.299. The zero-order valence-electron chi connectivity index (χ0n) is 12.6. The molecule has 0 atom stereocenters. The van der Waals surface area contributed by atoms with E-state index in [1.54, 1.807) is 6.07 Å². The third kappa shape index (κ3) is 4.16. The number of aromatic nitrogens is 2. The Balaban J connectivity index is 2.19. The van der Waals surface area contributed by atoms with Crippen LogP contribution in [0.1, 0.15) is 31.2 Å². The van der Waals surface area contributed by atoms with E-state index in [1.165, 1.54) is 0 Å². The van der Waals surface area contributed by atoms with E-state index in [0.717, 1.165) is 17.2 Å². The van der Waals surface area contributed by atoms with E-state index in [1.807, 2.05) is 45.2 Å². The maximum Gasteiger partial charge on any atom is 0.224 e. The smallest absolute Gasteiger partial charge is 0.224 e. The summed E-state index contributed by atoms with van der Waals surface area (Å²) < 4.78 is 5.79. The second-order valence-corrected chi connectivity index (χ2v) is 5.07. The summed E-state index contributed by atoms with van der Waals surface area (Å²) in [6, 6.07) is 9.40. The Morgan fingerprint density at radius 1 is 1.19 bits per heavy atom. The monoisotopic (exact) mass is 287 g/mol. The van der Waals surface area contributed by atoms with E-state index in [4.69, 9.17) is 9.84 Å². The van der Waals surface area contributed by atoms with E-state index < -0.39 is 0 Å². The van der Waals surface area contributed by atoms with Crippen LogP contribution in [-0.2, 0) is 6.42 Å².